The zero-order valence-corrected chi connectivity index (χ0v) is 14.5. The highest BCUT2D eigenvalue weighted by molar-refractivity contribution is 5.92. The molecule has 1 N–H and O–H groups in total. The van der Waals surface area contributed by atoms with Crippen molar-refractivity contribution in [1.82, 2.24) is 0 Å². The third-order valence-electron chi connectivity index (χ3n) is 4.82. The molecule has 1 heterocycles. The Morgan fingerprint density at radius 1 is 1.12 bits per heavy atom. The fourth-order valence-corrected chi connectivity index (χ4v) is 3.43. The summed E-state index contributed by atoms with van der Waals surface area (Å²) < 4.78 is 10.4. The molecular weight excluding hydrogens is 320 g/mol. The molecule has 1 aromatic carbocycles. The minimum atomic E-state index is -0.307. The maximum absolute atomic E-state index is 11.9. The Morgan fingerprint density at radius 2 is 1.80 bits per heavy atom. The van der Waals surface area contributed by atoms with Crippen molar-refractivity contribution in [2.75, 3.05) is 43.1 Å². The van der Waals surface area contributed by atoms with E-state index in [0.717, 1.165) is 44.8 Å². The SMILES string of the molecule is O=C(COC(=O)CC1CCCC1)Nc1ccc(N2CCOCC2)cc1. The zero-order valence-electron chi connectivity index (χ0n) is 14.5. The summed E-state index contributed by atoms with van der Waals surface area (Å²) in [6, 6.07) is 7.69. The van der Waals surface area contributed by atoms with E-state index in [1.165, 1.54) is 12.8 Å². The molecular formula is C19H26N2O4. The molecule has 2 fully saturated rings. The molecule has 1 aliphatic heterocycles. The van der Waals surface area contributed by atoms with Gasteiger partial charge in [0.25, 0.3) is 5.91 Å². The fourth-order valence-electron chi connectivity index (χ4n) is 3.43. The molecule has 6 heteroatoms. The van der Waals surface area contributed by atoms with Crippen LogP contribution in [-0.4, -0.2) is 44.8 Å². The number of carbonyl (C=O) groups excluding carboxylic acids is 2. The van der Waals surface area contributed by atoms with Gasteiger partial charge in [-0.05, 0) is 43.0 Å². The van der Waals surface area contributed by atoms with Crippen LogP contribution < -0.4 is 10.2 Å². The maximum atomic E-state index is 11.9. The van der Waals surface area contributed by atoms with Crippen LogP contribution in [0.5, 0.6) is 0 Å². The van der Waals surface area contributed by atoms with Gasteiger partial charge in [0, 0.05) is 30.9 Å². The lowest BCUT2D eigenvalue weighted by molar-refractivity contribution is -0.148. The molecule has 1 saturated carbocycles. The maximum Gasteiger partial charge on any atom is 0.306 e. The summed E-state index contributed by atoms with van der Waals surface area (Å²) in [5.41, 5.74) is 1.82. The summed E-state index contributed by atoms with van der Waals surface area (Å²) in [6.45, 7) is 3.01. The number of nitrogens with one attached hydrogen (secondary N) is 1. The summed E-state index contributed by atoms with van der Waals surface area (Å²) in [4.78, 5) is 25.9. The smallest absolute Gasteiger partial charge is 0.306 e. The van der Waals surface area contributed by atoms with Gasteiger partial charge in [-0.25, -0.2) is 0 Å². The summed E-state index contributed by atoms with van der Waals surface area (Å²) in [6.07, 6.45) is 5.01. The van der Waals surface area contributed by atoms with Gasteiger partial charge >= 0.3 is 5.97 Å². The van der Waals surface area contributed by atoms with E-state index in [1.807, 2.05) is 24.3 Å². The minimum Gasteiger partial charge on any atom is -0.456 e. The fraction of sp³-hybridized carbons (Fsp3) is 0.579. The third kappa shape index (κ3) is 5.46. The number of benzene rings is 1. The lowest BCUT2D eigenvalue weighted by Crippen LogP contribution is -2.36. The Hall–Kier alpha value is -2.08. The minimum absolute atomic E-state index is 0.225. The van der Waals surface area contributed by atoms with Crippen molar-refractivity contribution in [1.29, 1.82) is 0 Å². The molecule has 0 aromatic heterocycles. The van der Waals surface area contributed by atoms with Crippen molar-refractivity contribution in [3.8, 4) is 0 Å². The number of carbonyl (C=O) groups is 2. The number of morpholine rings is 1. The molecule has 0 spiro atoms. The second-order valence-electron chi connectivity index (χ2n) is 6.71. The van der Waals surface area contributed by atoms with Gasteiger partial charge in [0.2, 0.25) is 0 Å². The Morgan fingerprint density at radius 3 is 2.48 bits per heavy atom. The number of nitrogens with zero attached hydrogens (tertiary/aromatic N) is 1. The monoisotopic (exact) mass is 346 g/mol. The van der Waals surface area contributed by atoms with Gasteiger partial charge in [-0.1, -0.05) is 12.8 Å². The van der Waals surface area contributed by atoms with Crippen LogP contribution in [0, 0.1) is 5.92 Å². The Bertz CT molecular complexity index is 576. The molecule has 0 radical (unpaired) electrons. The normalized spacial score (nSPS) is 18.2. The topological polar surface area (TPSA) is 67.9 Å². The van der Waals surface area contributed by atoms with E-state index in [9.17, 15) is 9.59 Å². The van der Waals surface area contributed by atoms with Gasteiger partial charge < -0.3 is 19.7 Å². The third-order valence-corrected chi connectivity index (χ3v) is 4.82. The van der Waals surface area contributed by atoms with Gasteiger partial charge in [0.05, 0.1) is 13.2 Å². The first-order valence-electron chi connectivity index (χ1n) is 9.09. The van der Waals surface area contributed by atoms with Gasteiger partial charge in [-0.2, -0.15) is 0 Å². The van der Waals surface area contributed by atoms with E-state index >= 15 is 0 Å². The Kier molecular flexibility index (Phi) is 6.28. The van der Waals surface area contributed by atoms with E-state index in [0.29, 0.717) is 18.0 Å². The number of ether oxygens (including phenoxy) is 2. The average molecular weight is 346 g/mol. The van der Waals surface area contributed by atoms with Crippen molar-refractivity contribution in [3.63, 3.8) is 0 Å². The van der Waals surface area contributed by atoms with Crippen LogP contribution in [0.2, 0.25) is 0 Å². The molecule has 1 aliphatic carbocycles. The lowest BCUT2D eigenvalue weighted by atomic mass is 10.1. The quantitative estimate of drug-likeness (QED) is 0.802. The molecule has 0 unspecified atom stereocenters. The van der Waals surface area contributed by atoms with Crippen molar-refractivity contribution >= 4 is 23.3 Å². The van der Waals surface area contributed by atoms with Crippen LogP contribution in [-0.2, 0) is 19.1 Å². The van der Waals surface area contributed by atoms with Crippen LogP contribution in [0.4, 0.5) is 11.4 Å². The van der Waals surface area contributed by atoms with Crippen LogP contribution in [0.15, 0.2) is 24.3 Å². The van der Waals surface area contributed by atoms with Crippen LogP contribution >= 0.6 is 0 Å². The summed E-state index contributed by atoms with van der Waals surface area (Å²) in [5.74, 6) is -0.146. The van der Waals surface area contributed by atoms with Crippen molar-refractivity contribution in [2.24, 2.45) is 5.92 Å². The van der Waals surface area contributed by atoms with E-state index < -0.39 is 0 Å². The number of rotatable bonds is 6. The van der Waals surface area contributed by atoms with Gasteiger partial charge in [0.15, 0.2) is 6.61 Å². The summed E-state index contributed by atoms with van der Waals surface area (Å²) >= 11 is 0. The Labute approximate surface area is 148 Å². The molecule has 1 aromatic rings. The van der Waals surface area contributed by atoms with Gasteiger partial charge in [0.1, 0.15) is 0 Å². The molecule has 1 saturated heterocycles. The van der Waals surface area contributed by atoms with Crippen molar-refractivity contribution < 1.29 is 19.1 Å². The second-order valence-corrected chi connectivity index (χ2v) is 6.71. The molecule has 6 nitrogen and oxygen atoms in total. The van der Waals surface area contributed by atoms with E-state index in [2.05, 4.69) is 10.2 Å². The number of anilines is 2. The number of hydrogen-bond acceptors (Lipinski definition) is 5. The summed E-state index contributed by atoms with van der Waals surface area (Å²) in [5, 5.41) is 2.76. The first-order chi connectivity index (χ1) is 12.2. The highest BCUT2D eigenvalue weighted by atomic mass is 16.5. The van der Waals surface area contributed by atoms with Crippen LogP contribution in [0.1, 0.15) is 32.1 Å². The summed E-state index contributed by atoms with van der Waals surface area (Å²) in [7, 11) is 0. The second kappa shape index (κ2) is 8.85. The molecule has 0 bridgehead atoms. The predicted octanol–water partition coefficient (Wildman–Crippen LogP) is 2.59. The standard InChI is InChI=1S/C19H26N2O4/c22-18(14-25-19(23)13-15-3-1-2-4-15)20-16-5-7-17(8-6-16)21-9-11-24-12-10-21/h5-8,15H,1-4,9-14H2,(H,20,22). The molecule has 0 atom stereocenters. The highest BCUT2D eigenvalue weighted by Gasteiger charge is 2.19. The van der Waals surface area contributed by atoms with Crippen molar-refractivity contribution in [2.45, 2.75) is 32.1 Å². The number of hydrogen-bond donors (Lipinski definition) is 1. The molecule has 25 heavy (non-hydrogen) atoms. The number of esters is 1. The average Bonchev–Trinajstić information content (AvgIpc) is 3.14. The molecule has 2 aliphatic rings. The zero-order chi connectivity index (χ0) is 17.5. The van der Waals surface area contributed by atoms with E-state index in [-0.39, 0.29) is 18.5 Å². The molecule has 3 rings (SSSR count). The highest BCUT2D eigenvalue weighted by Crippen LogP contribution is 2.27. The lowest BCUT2D eigenvalue weighted by Gasteiger charge is -2.28. The van der Waals surface area contributed by atoms with Crippen LogP contribution in [0.25, 0.3) is 0 Å². The van der Waals surface area contributed by atoms with Crippen LogP contribution in [0.3, 0.4) is 0 Å². The van der Waals surface area contributed by atoms with Gasteiger partial charge in [-0.15, -0.1) is 0 Å². The predicted molar refractivity (Wildman–Crippen MR) is 95.6 cm³/mol. The Balaban J connectivity index is 1.40. The van der Waals surface area contributed by atoms with E-state index in [4.69, 9.17) is 9.47 Å². The largest absolute Gasteiger partial charge is 0.456 e. The first-order valence-corrected chi connectivity index (χ1v) is 9.09. The molecule has 136 valence electrons. The van der Waals surface area contributed by atoms with Crippen molar-refractivity contribution in [3.05, 3.63) is 24.3 Å². The van der Waals surface area contributed by atoms with E-state index in [1.54, 1.807) is 0 Å². The first kappa shape index (κ1) is 17.7. The van der Waals surface area contributed by atoms with Gasteiger partial charge in [-0.3, -0.25) is 9.59 Å². The number of amides is 1. The molecule has 1 amide bonds.